The second-order valence-electron chi connectivity index (χ2n) is 4.95. The molecule has 102 valence electrons. The molecule has 1 aliphatic rings. The minimum atomic E-state index is 0.106. The third kappa shape index (κ3) is 3.28. The Morgan fingerprint density at radius 2 is 2.16 bits per heavy atom. The molecule has 1 heterocycles. The quantitative estimate of drug-likeness (QED) is 0.761. The maximum atomic E-state index is 12.2. The van der Waals surface area contributed by atoms with Crippen molar-refractivity contribution >= 4 is 5.78 Å². The van der Waals surface area contributed by atoms with Gasteiger partial charge in [-0.3, -0.25) is 4.79 Å². The third-order valence-corrected chi connectivity index (χ3v) is 3.22. The molecule has 19 heavy (non-hydrogen) atoms. The molecule has 0 spiro atoms. The minimum Gasteiger partial charge on any atom is -0.497 e. The third-order valence-electron chi connectivity index (χ3n) is 3.22. The van der Waals surface area contributed by atoms with Gasteiger partial charge in [0.2, 0.25) is 0 Å². The lowest BCUT2D eigenvalue weighted by molar-refractivity contribution is 0.0940. The van der Waals surface area contributed by atoms with Crippen molar-refractivity contribution in [2.24, 2.45) is 0 Å². The molecule has 0 bridgehead atoms. The van der Waals surface area contributed by atoms with E-state index < -0.39 is 0 Å². The summed E-state index contributed by atoms with van der Waals surface area (Å²) in [6.07, 6.45) is 4.00. The molecule has 0 saturated carbocycles. The van der Waals surface area contributed by atoms with Crippen molar-refractivity contribution in [1.29, 1.82) is 0 Å². The Labute approximate surface area is 114 Å². The Hall–Kier alpha value is -1.97. The fourth-order valence-electron chi connectivity index (χ4n) is 1.99. The summed E-state index contributed by atoms with van der Waals surface area (Å²) in [7, 11) is 1.60. The zero-order chi connectivity index (χ0) is 13.8. The van der Waals surface area contributed by atoms with E-state index in [0.717, 1.165) is 6.67 Å². The van der Waals surface area contributed by atoms with Gasteiger partial charge in [0.1, 0.15) is 5.75 Å². The number of ether oxygens (including phenoxy) is 1. The SMILES string of the molecule is COc1cccc(C(=O)CN2C=CN(C(C)C)C2)c1. The molecule has 4 heteroatoms. The molecule has 0 aromatic heterocycles. The van der Waals surface area contributed by atoms with E-state index in [-0.39, 0.29) is 5.78 Å². The summed E-state index contributed by atoms with van der Waals surface area (Å²) in [6, 6.07) is 7.74. The summed E-state index contributed by atoms with van der Waals surface area (Å²) in [6.45, 7) is 5.44. The number of Topliss-reactive ketones (excluding diaryl/α,β-unsaturated/α-hetero) is 1. The molecule has 0 fully saturated rings. The fraction of sp³-hybridized carbons (Fsp3) is 0.400. The molecule has 4 nitrogen and oxygen atoms in total. The monoisotopic (exact) mass is 260 g/mol. The van der Waals surface area contributed by atoms with Crippen LogP contribution < -0.4 is 4.74 Å². The average Bonchev–Trinajstić information content (AvgIpc) is 2.87. The number of ketones is 1. The topological polar surface area (TPSA) is 32.8 Å². The van der Waals surface area contributed by atoms with Crippen molar-refractivity contribution in [2.45, 2.75) is 19.9 Å². The predicted octanol–water partition coefficient (Wildman–Crippen LogP) is 2.33. The number of rotatable bonds is 5. The van der Waals surface area contributed by atoms with Gasteiger partial charge >= 0.3 is 0 Å². The molecule has 0 amide bonds. The van der Waals surface area contributed by atoms with E-state index in [2.05, 4.69) is 18.7 Å². The first-order chi connectivity index (χ1) is 9.10. The average molecular weight is 260 g/mol. The van der Waals surface area contributed by atoms with Crippen LogP contribution in [0.5, 0.6) is 5.75 Å². The van der Waals surface area contributed by atoms with Gasteiger partial charge in [-0.2, -0.15) is 0 Å². The maximum Gasteiger partial charge on any atom is 0.182 e. The fourth-order valence-corrected chi connectivity index (χ4v) is 1.99. The summed E-state index contributed by atoms with van der Waals surface area (Å²) in [4.78, 5) is 16.4. The van der Waals surface area contributed by atoms with Crippen LogP contribution >= 0.6 is 0 Å². The first-order valence-corrected chi connectivity index (χ1v) is 6.45. The van der Waals surface area contributed by atoms with Gasteiger partial charge in [-0.05, 0) is 26.0 Å². The van der Waals surface area contributed by atoms with E-state index in [9.17, 15) is 4.79 Å². The Bertz CT molecular complexity index is 483. The number of carbonyl (C=O) groups excluding carboxylic acids is 1. The van der Waals surface area contributed by atoms with Gasteiger partial charge in [0.05, 0.1) is 20.3 Å². The van der Waals surface area contributed by atoms with Gasteiger partial charge in [-0.25, -0.2) is 0 Å². The zero-order valence-electron chi connectivity index (χ0n) is 11.7. The van der Waals surface area contributed by atoms with Crippen LogP contribution in [0.2, 0.25) is 0 Å². The molecule has 0 saturated heterocycles. The van der Waals surface area contributed by atoms with Gasteiger partial charge in [0.25, 0.3) is 0 Å². The van der Waals surface area contributed by atoms with Crippen LogP contribution in [0.15, 0.2) is 36.7 Å². The summed E-state index contributed by atoms with van der Waals surface area (Å²) >= 11 is 0. The van der Waals surface area contributed by atoms with E-state index in [1.807, 2.05) is 35.5 Å². The first kappa shape index (κ1) is 13.5. The van der Waals surface area contributed by atoms with Crippen molar-refractivity contribution in [2.75, 3.05) is 20.3 Å². The lowest BCUT2D eigenvalue weighted by atomic mass is 10.1. The van der Waals surface area contributed by atoms with Gasteiger partial charge in [-0.15, -0.1) is 0 Å². The zero-order valence-corrected chi connectivity index (χ0v) is 11.7. The lowest BCUT2D eigenvalue weighted by Gasteiger charge is -2.23. The molecule has 0 atom stereocenters. The van der Waals surface area contributed by atoms with Gasteiger partial charge < -0.3 is 14.5 Å². The molecule has 0 aliphatic carbocycles. The maximum absolute atomic E-state index is 12.2. The Morgan fingerprint density at radius 1 is 1.37 bits per heavy atom. The molecule has 1 aromatic carbocycles. The van der Waals surface area contributed by atoms with Gasteiger partial charge in [0, 0.05) is 24.0 Å². The molecule has 0 N–H and O–H groups in total. The van der Waals surface area contributed by atoms with Crippen molar-refractivity contribution in [3.63, 3.8) is 0 Å². The minimum absolute atomic E-state index is 0.106. The summed E-state index contributed by atoms with van der Waals surface area (Å²) in [5.74, 6) is 0.820. The molecular weight excluding hydrogens is 240 g/mol. The van der Waals surface area contributed by atoms with Crippen molar-refractivity contribution in [1.82, 2.24) is 9.80 Å². The van der Waals surface area contributed by atoms with E-state index in [4.69, 9.17) is 4.74 Å². The number of carbonyl (C=O) groups is 1. The number of hydrogen-bond donors (Lipinski definition) is 0. The number of benzene rings is 1. The number of hydrogen-bond acceptors (Lipinski definition) is 4. The second-order valence-corrected chi connectivity index (χ2v) is 4.95. The van der Waals surface area contributed by atoms with Crippen LogP contribution in [0.3, 0.4) is 0 Å². The van der Waals surface area contributed by atoms with E-state index in [1.54, 1.807) is 13.2 Å². The summed E-state index contributed by atoms with van der Waals surface area (Å²) < 4.78 is 5.14. The van der Waals surface area contributed by atoms with Crippen molar-refractivity contribution < 1.29 is 9.53 Å². The van der Waals surface area contributed by atoms with E-state index >= 15 is 0 Å². The second kappa shape index (κ2) is 5.78. The van der Waals surface area contributed by atoms with Crippen molar-refractivity contribution in [3.05, 3.63) is 42.2 Å². The summed E-state index contributed by atoms with van der Waals surface area (Å²) in [5.41, 5.74) is 0.691. The standard InChI is InChI=1S/C15H20N2O2/c1-12(2)17-8-7-16(11-17)10-15(18)13-5-4-6-14(9-13)19-3/h4-9,12H,10-11H2,1-3H3. The van der Waals surface area contributed by atoms with Crippen molar-refractivity contribution in [3.8, 4) is 5.75 Å². The van der Waals surface area contributed by atoms with E-state index in [0.29, 0.717) is 23.9 Å². The van der Waals surface area contributed by atoms with Crippen LogP contribution in [0.4, 0.5) is 0 Å². The molecular formula is C15H20N2O2. The lowest BCUT2D eigenvalue weighted by Crippen LogP contribution is -2.32. The molecule has 0 unspecified atom stereocenters. The largest absolute Gasteiger partial charge is 0.497 e. The molecule has 0 radical (unpaired) electrons. The van der Waals surface area contributed by atoms with Crippen LogP contribution in [0.25, 0.3) is 0 Å². The number of nitrogens with zero attached hydrogens (tertiary/aromatic N) is 2. The highest BCUT2D eigenvalue weighted by Gasteiger charge is 2.17. The van der Waals surface area contributed by atoms with Gasteiger partial charge in [0.15, 0.2) is 5.78 Å². The number of methoxy groups -OCH3 is 1. The Balaban J connectivity index is 1.97. The molecule has 1 aromatic rings. The summed E-state index contributed by atoms with van der Waals surface area (Å²) in [5, 5.41) is 0. The van der Waals surface area contributed by atoms with Gasteiger partial charge in [-0.1, -0.05) is 12.1 Å². The highest BCUT2D eigenvalue weighted by Crippen LogP contribution is 2.15. The molecule has 2 rings (SSSR count). The normalized spacial score (nSPS) is 14.3. The van der Waals surface area contributed by atoms with Crippen LogP contribution in [-0.2, 0) is 0 Å². The first-order valence-electron chi connectivity index (χ1n) is 6.45. The van der Waals surface area contributed by atoms with Crippen LogP contribution in [0, 0.1) is 0 Å². The Kier molecular flexibility index (Phi) is 4.10. The highest BCUT2D eigenvalue weighted by molar-refractivity contribution is 5.98. The van der Waals surface area contributed by atoms with Crippen LogP contribution in [0.1, 0.15) is 24.2 Å². The van der Waals surface area contributed by atoms with E-state index in [1.165, 1.54) is 0 Å². The Morgan fingerprint density at radius 3 is 2.79 bits per heavy atom. The predicted molar refractivity (Wildman–Crippen MR) is 75.0 cm³/mol. The highest BCUT2D eigenvalue weighted by atomic mass is 16.5. The smallest absolute Gasteiger partial charge is 0.182 e. The molecule has 1 aliphatic heterocycles. The van der Waals surface area contributed by atoms with Crippen LogP contribution in [-0.4, -0.2) is 41.9 Å².